The standard InChI is InChI=1S/C26H23NO3/c1-18-16-19(13-14-25(18)28)8-6-7-15-27-26(29)30-17-24-22-11-4-2-9-20(22)21-10-3-5-12-23(21)24/h2-5,9-14,16,24,28H,7,15,17H2,1H3,(H,27,29). The van der Waals surface area contributed by atoms with Gasteiger partial charge in [-0.15, -0.1) is 0 Å². The van der Waals surface area contributed by atoms with Crippen LogP contribution in [0.4, 0.5) is 4.79 Å². The number of phenolic OH excluding ortho intramolecular Hbond substituents is 1. The van der Waals surface area contributed by atoms with Gasteiger partial charge in [-0.3, -0.25) is 0 Å². The van der Waals surface area contributed by atoms with Crippen LogP contribution < -0.4 is 5.32 Å². The van der Waals surface area contributed by atoms with Crippen molar-refractivity contribution in [1.29, 1.82) is 0 Å². The summed E-state index contributed by atoms with van der Waals surface area (Å²) in [6.45, 7) is 2.55. The van der Waals surface area contributed by atoms with Crippen LogP contribution in [0, 0.1) is 18.8 Å². The van der Waals surface area contributed by atoms with E-state index in [1.807, 2.05) is 37.3 Å². The van der Waals surface area contributed by atoms with Crippen LogP contribution >= 0.6 is 0 Å². The minimum Gasteiger partial charge on any atom is -0.508 e. The van der Waals surface area contributed by atoms with Gasteiger partial charge in [0.25, 0.3) is 0 Å². The second-order valence-corrected chi connectivity index (χ2v) is 7.31. The molecule has 1 aliphatic rings. The van der Waals surface area contributed by atoms with E-state index in [4.69, 9.17) is 4.74 Å². The first kappa shape index (κ1) is 19.6. The molecule has 4 nitrogen and oxygen atoms in total. The molecule has 0 unspecified atom stereocenters. The van der Waals surface area contributed by atoms with Gasteiger partial charge in [-0.2, -0.15) is 0 Å². The third kappa shape index (κ3) is 4.16. The van der Waals surface area contributed by atoms with Crippen LogP contribution in [0.15, 0.2) is 66.7 Å². The highest BCUT2D eigenvalue weighted by Crippen LogP contribution is 2.44. The number of amides is 1. The monoisotopic (exact) mass is 397 g/mol. The van der Waals surface area contributed by atoms with Gasteiger partial charge in [-0.25, -0.2) is 4.79 Å². The molecule has 30 heavy (non-hydrogen) atoms. The molecular weight excluding hydrogens is 374 g/mol. The Labute approximate surface area is 176 Å². The van der Waals surface area contributed by atoms with Crippen molar-refractivity contribution in [2.24, 2.45) is 0 Å². The molecule has 0 aliphatic heterocycles. The van der Waals surface area contributed by atoms with Gasteiger partial charge in [0.2, 0.25) is 0 Å². The number of benzene rings is 3. The van der Waals surface area contributed by atoms with Gasteiger partial charge in [-0.1, -0.05) is 60.4 Å². The van der Waals surface area contributed by atoms with Crippen molar-refractivity contribution in [3.8, 4) is 28.7 Å². The van der Waals surface area contributed by atoms with Crippen LogP contribution in [0.5, 0.6) is 5.75 Å². The lowest BCUT2D eigenvalue weighted by atomic mass is 9.98. The van der Waals surface area contributed by atoms with Gasteiger partial charge >= 0.3 is 6.09 Å². The summed E-state index contributed by atoms with van der Waals surface area (Å²) in [4.78, 5) is 12.1. The molecule has 0 bridgehead atoms. The van der Waals surface area contributed by atoms with E-state index in [9.17, 15) is 9.90 Å². The summed E-state index contributed by atoms with van der Waals surface area (Å²) in [5, 5.41) is 12.3. The number of aromatic hydroxyl groups is 1. The van der Waals surface area contributed by atoms with Crippen LogP contribution in [0.2, 0.25) is 0 Å². The van der Waals surface area contributed by atoms with E-state index >= 15 is 0 Å². The Bertz CT molecular complexity index is 1090. The Kier molecular flexibility index (Phi) is 5.72. The Balaban J connectivity index is 1.29. The second-order valence-electron chi connectivity index (χ2n) is 7.31. The van der Waals surface area contributed by atoms with E-state index in [2.05, 4.69) is 41.4 Å². The molecule has 4 heteroatoms. The summed E-state index contributed by atoms with van der Waals surface area (Å²) in [6.07, 6.45) is 0.0866. The van der Waals surface area contributed by atoms with Crippen molar-refractivity contribution >= 4 is 6.09 Å². The quantitative estimate of drug-likeness (QED) is 0.482. The lowest BCUT2D eigenvalue weighted by Crippen LogP contribution is -2.26. The van der Waals surface area contributed by atoms with Crippen molar-refractivity contribution < 1.29 is 14.6 Å². The fourth-order valence-corrected chi connectivity index (χ4v) is 3.77. The number of aryl methyl sites for hydroxylation is 1. The Morgan fingerprint density at radius 2 is 1.70 bits per heavy atom. The number of hydrogen-bond donors (Lipinski definition) is 2. The maximum Gasteiger partial charge on any atom is 0.407 e. The predicted octanol–water partition coefficient (Wildman–Crippen LogP) is 4.98. The smallest absolute Gasteiger partial charge is 0.407 e. The van der Waals surface area contributed by atoms with E-state index in [1.54, 1.807) is 12.1 Å². The van der Waals surface area contributed by atoms with Crippen molar-refractivity contribution in [2.45, 2.75) is 19.3 Å². The van der Waals surface area contributed by atoms with Crippen LogP contribution in [0.1, 0.15) is 34.6 Å². The summed E-state index contributed by atoms with van der Waals surface area (Å²) >= 11 is 0. The first-order valence-electron chi connectivity index (χ1n) is 10.0. The highest BCUT2D eigenvalue weighted by atomic mass is 16.5. The number of carbonyl (C=O) groups excluding carboxylic acids is 1. The molecule has 0 heterocycles. The Morgan fingerprint density at radius 3 is 2.37 bits per heavy atom. The normalized spacial score (nSPS) is 11.8. The van der Waals surface area contributed by atoms with E-state index in [-0.39, 0.29) is 11.7 Å². The first-order valence-corrected chi connectivity index (χ1v) is 10.0. The molecule has 3 aromatic carbocycles. The molecular formula is C26H23NO3. The van der Waals surface area contributed by atoms with Crippen molar-refractivity contribution in [2.75, 3.05) is 13.2 Å². The number of nitrogens with one attached hydrogen (secondary N) is 1. The molecule has 0 saturated heterocycles. The van der Waals surface area contributed by atoms with Gasteiger partial charge in [0, 0.05) is 24.4 Å². The maximum absolute atomic E-state index is 12.1. The molecule has 0 spiro atoms. The minimum absolute atomic E-state index is 0.0562. The van der Waals surface area contributed by atoms with Gasteiger partial charge in [0.15, 0.2) is 0 Å². The maximum atomic E-state index is 12.1. The van der Waals surface area contributed by atoms with Gasteiger partial charge in [0.05, 0.1) is 0 Å². The average Bonchev–Trinajstić information content (AvgIpc) is 3.08. The number of carbonyl (C=O) groups is 1. The van der Waals surface area contributed by atoms with Crippen LogP contribution in [0.25, 0.3) is 11.1 Å². The molecule has 2 N–H and O–H groups in total. The summed E-state index contributed by atoms with van der Waals surface area (Å²) in [7, 11) is 0. The topological polar surface area (TPSA) is 58.6 Å². The average molecular weight is 397 g/mol. The number of ether oxygens (including phenoxy) is 1. The molecule has 1 aliphatic carbocycles. The largest absolute Gasteiger partial charge is 0.508 e. The zero-order valence-electron chi connectivity index (χ0n) is 16.8. The van der Waals surface area contributed by atoms with Gasteiger partial charge in [0.1, 0.15) is 12.4 Å². The summed E-state index contributed by atoms with van der Waals surface area (Å²) < 4.78 is 5.51. The van der Waals surface area contributed by atoms with Crippen LogP contribution in [-0.2, 0) is 4.74 Å². The summed E-state index contributed by atoms with van der Waals surface area (Å²) in [5.41, 5.74) is 6.44. The Morgan fingerprint density at radius 1 is 1.03 bits per heavy atom. The molecule has 150 valence electrons. The van der Waals surface area contributed by atoms with Crippen molar-refractivity contribution in [3.05, 3.63) is 89.0 Å². The molecule has 0 fully saturated rings. The number of phenols is 1. The van der Waals surface area contributed by atoms with Crippen LogP contribution in [0.3, 0.4) is 0 Å². The number of hydrogen-bond acceptors (Lipinski definition) is 3. The lowest BCUT2D eigenvalue weighted by molar-refractivity contribution is 0.143. The van der Waals surface area contributed by atoms with Crippen LogP contribution in [-0.4, -0.2) is 24.4 Å². The second kappa shape index (κ2) is 8.75. The molecule has 3 aromatic rings. The fourth-order valence-electron chi connectivity index (χ4n) is 3.77. The third-order valence-corrected chi connectivity index (χ3v) is 5.29. The van der Waals surface area contributed by atoms with E-state index in [1.165, 1.54) is 22.3 Å². The predicted molar refractivity (Wildman–Crippen MR) is 117 cm³/mol. The fraction of sp³-hybridized carbons (Fsp3) is 0.192. The molecule has 1 amide bonds. The lowest BCUT2D eigenvalue weighted by Gasteiger charge is -2.14. The highest BCUT2D eigenvalue weighted by molar-refractivity contribution is 5.79. The van der Waals surface area contributed by atoms with Gasteiger partial charge < -0.3 is 15.2 Å². The SMILES string of the molecule is Cc1cc(C#CCCNC(=O)OCC2c3ccccc3-c3ccccc32)ccc1O. The summed E-state index contributed by atoms with van der Waals surface area (Å²) in [5.74, 6) is 6.37. The first-order chi connectivity index (χ1) is 14.6. The molecule has 4 rings (SSSR count). The van der Waals surface area contributed by atoms with E-state index in [0.717, 1.165) is 11.1 Å². The molecule has 0 atom stereocenters. The van der Waals surface area contributed by atoms with Crippen molar-refractivity contribution in [1.82, 2.24) is 5.32 Å². The molecule has 0 aromatic heterocycles. The number of alkyl carbamates (subject to hydrolysis) is 1. The van der Waals surface area contributed by atoms with E-state index in [0.29, 0.717) is 19.6 Å². The van der Waals surface area contributed by atoms with E-state index < -0.39 is 6.09 Å². The minimum atomic E-state index is -0.431. The highest BCUT2D eigenvalue weighted by Gasteiger charge is 2.28. The Hall–Kier alpha value is -3.71. The molecule has 0 radical (unpaired) electrons. The third-order valence-electron chi connectivity index (χ3n) is 5.29. The molecule has 0 saturated carbocycles. The number of fused-ring (bicyclic) bond motifs is 3. The zero-order chi connectivity index (χ0) is 20.9. The van der Waals surface area contributed by atoms with Crippen molar-refractivity contribution in [3.63, 3.8) is 0 Å². The van der Waals surface area contributed by atoms with Gasteiger partial charge in [-0.05, 0) is 52.9 Å². The zero-order valence-corrected chi connectivity index (χ0v) is 16.8. The number of rotatable bonds is 4. The summed E-state index contributed by atoms with van der Waals surface area (Å²) in [6, 6.07) is 21.8.